The van der Waals surface area contributed by atoms with Crippen molar-refractivity contribution in [1.82, 2.24) is 10.2 Å². The lowest BCUT2D eigenvalue weighted by Gasteiger charge is -2.40. The highest BCUT2D eigenvalue weighted by Crippen LogP contribution is 2.25. The fourth-order valence-electron chi connectivity index (χ4n) is 4.09. The Morgan fingerprint density at radius 3 is 2.64 bits per heavy atom. The molecule has 1 amide bonds. The van der Waals surface area contributed by atoms with Crippen molar-refractivity contribution in [3.63, 3.8) is 0 Å². The molecule has 0 aromatic carbocycles. The van der Waals surface area contributed by atoms with Crippen molar-refractivity contribution in [1.29, 1.82) is 0 Å². The summed E-state index contributed by atoms with van der Waals surface area (Å²) in [4.78, 5) is 14.4. The Morgan fingerprint density at radius 1 is 1.18 bits per heavy atom. The molecule has 4 heteroatoms. The van der Waals surface area contributed by atoms with Gasteiger partial charge in [0.05, 0.1) is 0 Å². The van der Waals surface area contributed by atoms with Gasteiger partial charge in [0.1, 0.15) is 0 Å². The van der Waals surface area contributed by atoms with Crippen molar-refractivity contribution in [3.8, 4) is 0 Å². The van der Waals surface area contributed by atoms with Crippen LogP contribution in [0, 0.1) is 5.92 Å². The van der Waals surface area contributed by atoms with E-state index in [4.69, 9.17) is 5.11 Å². The van der Waals surface area contributed by atoms with E-state index < -0.39 is 0 Å². The third kappa shape index (κ3) is 5.54. The SMILES string of the molecule is CCCC(=O)N1CC(CCCO)CC(NC2CCCCC2)C1. The molecule has 1 heterocycles. The van der Waals surface area contributed by atoms with Gasteiger partial charge in [-0.15, -0.1) is 0 Å². The standard InChI is InChI=1S/C18H34N2O2/c1-2-7-18(22)20-13-15(8-6-11-21)12-17(14-20)19-16-9-4-3-5-10-16/h15-17,19,21H,2-14H2,1H3. The van der Waals surface area contributed by atoms with E-state index in [0.29, 0.717) is 30.3 Å². The maximum absolute atomic E-state index is 12.3. The van der Waals surface area contributed by atoms with Crippen LogP contribution >= 0.6 is 0 Å². The molecule has 2 atom stereocenters. The average molecular weight is 310 g/mol. The van der Waals surface area contributed by atoms with Crippen LogP contribution in [-0.2, 0) is 4.79 Å². The zero-order valence-electron chi connectivity index (χ0n) is 14.2. The van der Waals surface area contributed by atoms with Gasteiger partial charge in [0.2, 0.25) is 5.91 Å². The second kappa shape index (κ2) is 9.51. The molecule has 1 saturated heterocycles. The third-order valence-corrected chi connectivity index (χ3v) is 5.20. The Hall–Kier alpha value is -0.610. The molecule has 0 bridgehead atoms. The van der Waals surface area contributed by atoms with Crippen LogP contribution in [-0.4, -0.2) is 47.7 Å². The molecule has 4 nitrogen and oxygen atoms in total. The number of rotatable bonds is 7. The Bertz CT molecular complexity index is 329. The van der Waals surface area contributed by atoms with Gasteiger partial charge in [0, 0.05) is 38.2 Å². The summed E-state index contributed by atoms with van der Waals surface area (Å²) >= 11 is 0. The van der Waals surface area contributed by atoms with Crippen LogP contribution < -0.4 is 5.32 Å². The normalized spacial score (nSPS) is 27.1. The van der Waals surface area contributed by atoms with E-state index in [2.05, 4.69) is 17.1 Å². The van der Waals surface area contributed by atoms with E-state index in [9.17, 15) is 4.79 Å². The molecule has 1 aliphatic heterocycles. The van der Waals surface area contributed by atoms with E-state index in [1.165, 1.54) is 32.1 Å². The summed E-state index contributed by atoms with van der Waals surface area (Å²) in [5.74, 6) is 0.856. The monoisotopic (exact) mass is 310 g/mol. The molecule has 0 aromatic heterocycles. The molecule has 2 unspecified atom stereocenters. The van der Waals surface area contributed by atoms with Gasteiger partial charge in [-0.1, -0.05) is 26.2 Å². The minimum absolute atomic E-state index is 0.264. The summed E-state index contributed by atoms with van der Waals surface area (Å²) in [6, 6.07) is 1.10. The Balaban J connectivity index is 1.90. The second-order valence-electron chi connectivity index (χ2n) is 7.21. The number of likely N-dealkylation sites (tertiary alicyclic amines) is 1. The number of piperidine rings is 1. The summed E-state index contributed by atoms with van der Waals surface area (Å²) in [5.41, 5.74) is 0. The van der Waals surface area contributed by atoms with E-state index in [1.807, 2.05) is 0 Å². The number of amides is 1. The van der Waals surface area contributed by atoms with Crippen molar-refractivity contribution >= 4 is 5.91 Å². The predicted molar refractivity (Wildman–Crippen MR) is 89.7 cm³/mol. The van der Waals surface area contributed by atoms with Crippen molar-refractivity contribution in [2.24, 2.45) is 5.92 Å². The van der Waals surface area contributed by atoms with Gasteiger partial charge in [0.15, 0.2) is 0 Å². The zero-order chi connectivity index (χ0) is 15.8. The van der Waals surface area contributed by atoms with E-state index in [-0.39, 0.29) is 6.61 Å². The van der Waals surface area contributed by atoms with Crippen molar-refractivity contribution in [3.05, 3.63) is 0 Å². The maximum atomic E-state index is 12.3. The highest BCUT2D eigenvalue weighted by molar-refractivity contribution is 5.76. The van der Waals surface area contributed by atoms with Gasteiger partial charge in [-0.25, -0.2) is 0 Å². The van der Waals surface area contributed by atoms with Crippen LogP contribution in [0.5, 0.6) is 0 Å². The van der Waals surface area contributed by atoms with E-state index in [0.717, 1.165) is 38.8 Å². The smallest absolute Gasteiger partial charge is 0.222 e. The summed E-state index contributed by atoms with van der Waals surface area (Å²) in [6.45, 7) is 4.11. The molecular weight excluding hydrogens is 276 g/mol. The molecule has 0 spiro atoms. The molecule has 0 aromatic rings. The Kier molecular flexibility index (Phi) is 7.67. The van der Waals surface area contributed by atoms with Crippen LogP contribution in [0.2, 0.25) is 0 Å². The molecule has 128 valence electrons. The summed E-state index contributed by atoms with van der Waals surface area (Å²) in [5, 5.41) is 12.9. The van der Waals surface area contributed by atoms with E-state index >= 15 is 0 Å². The zero-order valence-corrected chi connectivity index (χ0v) is 14.2. The lowest BCUT2D eigenvalue weighted by Crippen LogP contribution is -2.53. The first-order valence-electron chi connectivity index (χ1n) is 9.37. The number of hydrogen-bond donors (Lipinski definition) is 2. The van der Waals surface area contributed by atoms with Crippen LogP contribution in [0.1, 0.15) is 71.1 Å². The Labute approximate surface area is 135 Å². The lowest BCUT2D eigenvalue weighted by atomic mass is 9.88. The topological polar surface area (TPSA) is 52.6 Å². The second-order valence-corrected chi connectivity index (χ2v) is 7.21. The molecule has 2 fully saturated rings. The summed E-state index contributed by atoms with van der Waals surface area (Å²) in [7, 11) is 0. The maximum Gasteiger partial charge on any atom is 0.222 e. The molecule has 2 aliphatic rings. The van der Waals surface area contributed by atoms with Gasteiger partial charge >= 0.3 is 0 Å². The molecule has 1 aliphatic carbocycles. The van der Waals surface area contributed by atoms with Crippen molar-refractivity contribution in [2.45, 2.75) is 83.2 Å². The van der Waals surface area contributed by atoms with Crippen molar-refractivity contribution < 1.29 is 9.90 Å². The van der Waals surface area contributed by atoms with Gasteiger partial charge in [0.25, 0.3) is 0 Å². The van der Waals surface area contributed by atoms with Gasteiger partial charge < -0.3 is 15.3 Å². The number of aliphatic hydroxyl groups is 1. The minimum Gasteiger partial charge on any atom is -0.396 e. The molecule has 2 rings (SSSR count). The molecular formula is C18H34N2O2. The number of carbonyl (C=O) groups is 1. The summed E-state index contributed by atoms with van der Waals surface area (Å²) < 4.78 is 0. The van der Waals surface area contributed by atoms with Gasteiger partial charge in [-0.2, -0.15) is 0 Å². The first-order chi connectivity index (χ1) is 10.7. The molecule has 0 radical (unpaired) electrons. The van der Waals surface area contributed by atoms with Crippen LogP contribution in [0.25, 0.3) is 0 Å². The lowest BCUT2D eigenvalue weighted by molar-refractivity contribution is -0.133. The van der Waals surface area contributed by atoms with Crippen LogP contribution in [0.3, 0.4) is 0 Å². The number of nitrogens with zero attached hydrogens (tertiary/aromatic N) is 1. The number of hydrogen-bond acceptors (Lipinski definition) is 3. The highest BCUT2D eigenvalue weighted by atomic mass is 16.2. The molecule has 2 N–H and O–H groups in total. The van der Waals surface area contributed by atoms with Crippen molar-refractivity contribution in [2.75, 3.05) is 19.7 Å². The fourth-order valence-corrected chi connectivity index (χ4v) is 4.09. The van der Waals surface area contributed by atoms with Gasteiger partial charge in [-0.05, 0) is 44.4 Å². The fraction of sp³-hybridized carbons (Fsp3) is 0.944. The first kappa shape index (κ1) is 17.7. The van der Waals surface area contributed by atoms with Gasteiger partial charge in [-0.3, -0.25) is 4.79 Å². The largest absolute Gasteiger partial charge is 0.396 e. The highest BCUT2D eigenvalue weighted by Gasteiger charge is 2.30. The predicted octanol–water partition coefficient (Wildman–Crippen LogP) is 2.70. The molecule has 1 saturated carbocycles. The first-order valence-corrected chi connectivity index (χ1v) is 9.37. The quantitative estimate of drug-likeness (QED) is 0.760. The minimum atomic E-state index is 0.264. The Morgan fingerprint density at radius 2 is 1.95 bits per heavy atom. The van der Waals surface area contributed by atoms with E-state index in [1.54, 1.807) is 0 Å². The van der Waals surface area contributed by atoms with Crippen LogP contribution in [0.4, 0.5) is 0 Å². The molecule has 22 heavy (non-hydrogen) atoms. The number of aliphatic hydroxyl groups excluding tert-OH is 1. The summed E-state index contributed by atoms with van der Waals surface area (Å²) in [6.07, 6.45) is 11.3. The van der Waals surface area contributed by atoms with Crippen LogP contribution in [0.15, 0.2) is 0 Å². The number of nitrogens with one attached hydrogen (secondary N) is 1. The average Bonchev–Trinajstić information content (AvgIpc) is 2.54. The third-order valence-electron chi connectivity index (χ3n) is 5.20. The number of carbonyl (C=O) groups excluding carboxylic acids is 1.